The van der Waals surface area contributed by atoms with Gasteiger partial charge in [0.1, 0.15) is 5.75 Å². The van der Waals surface area contributed by atoms with Crippen LogP contribution in [0.3, 0.4) is 0 Å². The van der Waals surface area contributed by atoms with E-state index in [2.05, 4.69) is 0 Å². The van der Waals surface area contributed by atoms with Crippen molar-refractivity contribution < 1.29 is 31.7 Å². The fraction of sp³-hybridized carbons (Fsp3) is 0.333. The van der Waals surface area contributed by atoms with E-state index < -0.39 is 25.5 Å². The van der Waals surface area contributed by atoms with Gasteiger partial charge in [0, 0.05) is 49.0 Å². The number of nitro benzene ring substituents is 1. The number of rotatable bonds is 7. The standard InChI is InChI=1S/C18H18ClF3N3O5P/c19-14-1-7-17(8-2-14)30-31(28,29-13-18(20,21)22)24-11-9-23(10-12-24)15-3-5-16(6-4-15)25(26)27/h1-8H,9-13H2. The summed E-state index contributed by atoms with van der Waals surface area (Å²) in [5, 5.41) is 11.2. The molecule has 1 heterocycles. The number of hydrogen-bond donors (Lipinski definition) is 0. The van der Waals surface area contributed by atoms with Crippen molar-refractivity contribution in [3.63, 3.8) is 0 Å². The molecule has 0 aliphatic carbocycles. The molecule has 0 amide bonds. The molecular formula is C18H18ClF3N3O5P. The lowest BCUT2D eigenvalue weighted by molar-refractivity contribution is -0.384. The first-order valence-electron chi connectivity index (χ1n) is 9.07. The highest BCUT2D eigenvalue weighted by Crippen LogP contribution is 2.53. The molecule has 1 fully saturated rings. The van der Waals surface area contributed by atoms with Crippen molar-refractivity contribution >= 4 is 30.7 Å². The summed E-state index contributed by atoms with van der Waals surface area (Å²) < 4.78 is 62.8. The first kappa shape index (κ1) is 23.3. The van der Waals surface area contributed by atoms with Crippen LogP contribution in [-0.2, 0) is 9.09 Å². The molecule has 13 heteroatoms. The summed E-state index contributed by atoms with van der Waals surface area (Å²) in [6.07, 6.45) is -4.68. The summed E-state index contributed by atoms with van der Waals surface area (Å²) in [6.45, 7) is -0.915. The number of halogens is 4. The maximum absolute atomic E-state index is 13.3. The van der Waals surface area contributed by atoms with Crippen LogP contribution in [0, 0.1) is 10.1 Å². The van der Waals surface area contributed by atoms with Crippen molar-refractivity contribution in [2.75, 3.05) is 37.7 Å². The molecule has 31 heavy (non-hydrogen) atoms. The van der Waals surface area contributed by atoms with Crippen molar-refractivity contribution in [1.29, 1.82) is 0 Å². The number of alkyl halides is 3. The molecule has 8 nitrogen and oxygen atoms in total. The molecule has 2 aromatic carbocycles. The van der Waals surface area contributed by atoms with Gasteiger partial charge in [-0.3, -0.25) is 14.6 Å². The van der Waals surface area contributed by atoms with Crippen LogP contribution in [0.2, 0.25) is 5.02 Å². The van der Waals surface area contributed by atoms with Crippen molar-refractivity contribution in [2.24, 2.45) is 0 Å². The van der Waals surface area contributed by atoms with Crippen molar-refractivity contribution in [2.45, 2.75) is 6.18 Å². The maximum atomic E-state index is 13.3. The van der Waals surface area contributed by atoms with Crippen LogP contribution >= 0.6 is 19.3 Å². The molecule has 0 aromatic heterocycles. The van der Waals surface area contributed by atoms with Gasteiger partial charge in [-0.05, 0) is 36.4 Å². The summed E-state index contributed by atoms with van der Waals surface area (Å²) >= 11 is 5.80. The summed E-state index contributed by atoms with van der Waals surface area (Å²) in [4.78, 5) is 12.1. The molecule has 1 aliphatic rings. The lowest BCUT2D eigenvalue weighted by atomic mass is 10.2. The SMILES string of the molecule is O=[N+]([O-])c1ccc(N2CCN(P(=O)(OCC(F)(F)F)Oc3ccc(Cl)cc3)CC2)cc1. The van der Waals surface area contributed by atoms with E-state index in [0.29, 0.717) is 23.8 Å². The van der Waals surface area contributed by atoms with E-state index in [4.69, 9.17) is 20.6 Å². The van der Waals surface area contributed by atoms with E-state index in [1.54, 1.807) is 12.1 Å². The minimum absolute atomic E-state index is 0.0520. The Hall–Kier alpha value is -2.33. The van der Waals surface area contributed by atoms with Crippen LogP contribution in [0.15, 0.2) is 48.5 Å². The van der Waals surface area contributed by atoms with Gasteiger partial charge in [0.25, 0.3) is 5.69 Å². The minimum Gasteiger partial charge on any atom is -0.413 e. The molecule has 1 saturated heterocycles. The third kappa shape index (κ3) is 6.33. The molecule has 1 unspecified atom stereocenters. The zero-order valence-corrected chi connectivity index (χ0v) is 17.6. The Balaban J connectivity index is 1.71. The molecule has 3 rings (SSSR count). The predicted octanol–water partition coefficient (Wildman–Crippen LogP) is 5.14. The molecule has 1 aliphatic heterocycles. The van der Waals surface area contributed by atoms with Crippen molar-refractivity contribution in [3.8, 4) is 5.75 Å². The highest BCUT2D eigenvalue weighted by atomic mass is 35.5. The van der Waals surface area contributed by atoms with E-state index in [1.165, 1.54) is 41.1 Å². The topological polar surface area (TPSA) is 85.2 Å². The molecule has 0 saturated carbocycles. The predicted molar refractivity (Wildman–Crippen MR) is 109 cm³/mol. The minimum atomic E-state index is -4.68. The number of benzene rings is 2. The Morgan fingerprint density at radius 1 is 1.03 bits per heavy atom. The number of nitro groups is 1. The van der Waals surface area contributed by atoms with Crippen LogP contribution in [0.4, 0.5) is 24.5 Å². The molecule has 0 radical (unpaired) electrons. The summed E-state index contributed by atoms with van der Waals surface area (Å²) in [5.41, 5.74) is 0.652. The number of hydrogen-bond acceptors (Lipinski definition) is 6. The van der Waals surface area contributed by atoms with E-state index in [0.717, 1.165) is 0 Å². The van der Waals surface area contributed by atoms with Gasteiger partial charge in [-0.25, -0.2) is 4.57 Å². The van der Waals surface area contributed by atoms with Gasteiger partial charge >= 0.3 is 13.9 Å². The molecule has 168 valence electrons. The van der Waals surface area contributed by atoms with Gasteiger partial charge < -0.3 is 9.42 Å². The third-order valence-electron chi connectivity index (χ3n) is 4.45. The lowest BCUT2D eigenvalue weighted by Gasteiger charge is -2.38. The monoisotopic (exact) mass is 479 g/mol. The number of piperazine rings is 1. The van der Waals surface area contributed by atoms with E-state index in [1.807, 2.05) is 4.90 Å². The Kier molecular flexibility index (Phi) is 7.10. The second-order valence-electron chi connectivity index (χ2n) is 6.62. The summed E-state index contributed by atoms with van der Waals surface area (Å²) in [7, 11) is -4.31. The van der Waals surface area contributed by atoms with Gasteiger partial charge in [-0.2, -0.15) is 17.8 Å². The number of nitrogens with zero attached hydrogens (tertiary/aromatic N) is 3. The third-order valence-corrected chi connectivity index (χ3v) is 6.70. The van der Waals surface area contributed by atoms with Crippen LogP contribution in [0.5, 0.6) is 5.75 Å². The Morgan fingerprint density at radius 3 is 2.13 bits per heavy atom. The first-order chi connectivity index (χ1) is 14.6. The van der Waals surface area contributed by atoms with Crippen LogP contribution < -0.4 is 9.42 Å². The molecule has 0 spiro atoms. The molecule has 0 N–H and O–H groups in total. The second-order valence-corrected chi connectivity index (χ2v) is 9.00. The van der Waals surface area contributed by atoms with Crippen molar-refractivity contribution in [3.05, 3.63) is 63.7 Å². The van der Waals surface area contributed by atoms with Gasteiger partial charge in [0.15, 0.2) is 6.61 Å². The average molecular weight is 480 g/mol. The Labute approximate surface area is 180 Å². The smallest absolute Gasteiger partial charge is 0.413 e. The average Bonchev–Trinajstić information content (AvgIpc) is 2.74. The van der Waals surface area contributed by atoms with E-state index in [-0.39, 0.29) is 24.5 Å². The fourth-order valence-electron chi connectivity index (χ4n) is 2.93. The quantitative estimate of drug-likeness (QED) is 0.309. The summed E-state index contributed by atoms with van der Waals surface area (Å²) in [6, 6.07) is 11.6. The number of anilines is 1. The first-order valence-corrected chi connectivity index (χ1v) is 10.9. The van der Waals surface area contributed by atoms with Crippen molar-refractivity contribution in [1.82, 2.24) is 4.67 Å². The zero-order chi connectivity index (χ0) is 22.6. The van der Waals surface area contributed by atoms with Gasteiger partial charge in [-0.15, -0.1) is 0 Å². The summed E-state index contributed by atoms with van der Waals surface area (Å²) in [5.74, 6) is 0.0627. The van der Waals surface area contributed by atoms with Crippen LogP contribution in [-0.4, -0.2) is 48.6 Å². The largest absolute Gasteiger partial charge is 0.461 e. The van der Waals surface area contributed by atoms with E-state index in [9.17, 15) is 27.9 Å². The molecule has 0 bridgehead atoms. The molecule has 2 aromatic rings. The Morgan fingerprint density at radius 2 is 1.61 bits per heavy atom. The van der Waals surface area contributed by atoms with Gasteiger partial charge in [-0.1, -0.05) is 11.6 Å². The lowest BCUT2D eigenvalue weighted by Crippen LogP contribution is -2.46. The van der Waals surface area contributed by atoms with Gasteiger partial charge in [0.2, 0.25) is 0 Å². The number of non-ortho nitro benzene ring substituents is 1. The van der Waals surface area contributed by atoms with Gasteiger partial charge in [0.05, 0.1) is 4.92 Å². The van der Waals surface area contributed by atoms with Crippen LogP contribution in [0.1, 0.15) is 0 Å². The normalized spacial score (nSPS) is 17.2. The van der Waals surface area contributed by atoms with E-state index >= 15 is 0 Å². The highest BCUT2D eigenvalue weighted by molar-refractivity contribution is 7.51. The van der Waals surface area contributed by atoms with Crippen LogP contribution in [0.25, 0.3) is 0 Å². The maximum Gasteiger partial charge on any atom is 0.461 e. The second kappa shape index (κ2) is 9.44. The fourth-order valence-corrected chi connectivity index (χ4v) is 4.76. The molecular weight excluding hydrogens is 462 g/mol. The Bertz CT molecular complexity index is 951. The molecule has 1 atom stereocenters. The zero-order valence-electron chi connectivity index (χ0n) is 16.0. The highest BCUT2D eigenvalue weighted by Gasteiger charge is 2.41.